The van der Waals surface area contributed by atoms with Gasteiger partial charge in [-0.1, -0.05) is 24.6 Å². The van der Waals surface area contributed by atoms with Gasteiger partial charge in [0.25, 0.3) is 5.91 Å². The standard InChI is InChI=1S/C22H32N2O6S/c1-16(25)31-11-8-20-22(30-15-28-3,21(26)24(20)14-27-2)13-18-12-19(6-9-23-18)29-10-7-17-4-5-17/h6,9,12,17,20H,4-5,7-8,10-11,13-15H2,1-3H3/t20-,22+/m0/s1. The second kappa shape index (κ2) is 11.3. The SMILES string of the molecule is COCO[C@@]1(Cc2cc(OCCC3CC3)ccn2)C(=O)N(COC)[C@H]1CCSC(C)=O. The predicted molar refractivity (Wildman–Crippen MR) is 117 cm³/mol. The maximum absolute atomic E-state index is 13.2. The average Bonchev–Trinajstić information content (AvgIpc) is 3.57. The van der Waals surface area contributed by atoms with Crippen molar-refractivity contribution < 1.29 is 28.5 Å². The number of aromatic nitrogens is 1. The van der Waals surface area contributed by atoms with Gasteiger partial charge in [-0.25, -0.2) is 0 Å². The summed E-state index contributed by atoms with van der Waals surface area (Å²) >= 11 is 1.24. The van der Waals surface area contributed by atoms with Gasteiger partial charge in [0.1, 0.15) is 19.3 Å². The summed E-state index contributed by atoms with van der Waals surface area (Å²) in [5.41, 5.74) is -0.388. The second-order valence-electron chi connectivity index (χ2n) is 8.02. The summed E-state index contributed by atoms with van der Waals surface area (Å²) in [5.74, 6) is 1.98. The zero-order valence-electron chi connectivity index (χ0n) is 18.5. The first kappa shape index (κ1) is 24.0. The van der Waals surface area contributed by atoms with E-state index in [2.05, 4.69) is 4.98 Å². The van der Waals surface area contributed by atoms with Gasteiger partial charge in [0, 0.05) is 51.3 Å². The molecule has 2 heterocycles. The lowest BCUT2D eigenvalue weighted by Gasteiger charge is -2.55. The first-order valence-corrected chi connectivity index (χ1v) is 11.6. The van der Waals surface area contributed by atoms with E-state index >= 15 is 0 Å². The third-order valence-electron chi connectivity index (χ3n) is 5.66. The number of hydrogen-bond donors (Lipinski definition) is 0. The minimum Gasteiger partial charge on any atom is -0.493 e. The van der Waals surface area contributed by atoms with Crippen LogP contribution in [0.15, 0.2) is 18.3 Å². The third-order valence-corrected chi connectivity index (χ3v) is 6.51. The number of pyridine rings is 1. The molecule has 1 aromatic rings. The minimum atomic E-state index is -1.11. The molecule has 1 aliphatic carbocycles. The number of β-lactam (4-membered cyclic amide) rings is 1. The molecule has 1 saturated heterocycles. The third kappa shape index (κ3) is 6.19. The highest BCUT2D eigenvalue weighted by Gasteiger charge is 2.61. The van der Waals surface area contributed by atoms with E-state index < -0.39 is 5.60 Å². The normalized spacial score (nSPS) is 23.0. The number of methoxy groups -OCH3 is 2. The number of rotatable bonds is 14. The van der Waals surface area contributed by atoms with E-state index in [0.29, 0.717) is 25.2 Å². The van der Waals surface area contributed by atoms with Crippen molar-refractivity contribution in [3.8, 4) is 5.75 Å². The Morgan fingerprint density at radius 1 is 1.29 bits per heavy atom. The van der Waals surface area contributed by atoms with Crippen molar-refractivity contribution in [2.45, 2.75) is 50.7 Å². The minimum absolute atomic E-state index is 0.0134. The molecule has 0 radical (unpaired) electrons. The van der Waals surface area contributed by atoms with Crippen LogP contribution >= 0.6 is 11.8 Å². The quantitative estimate of drug-likeness (QED) is 0.315. The Balaban J connectivity index is 1.74. The zero-order valence-corrected chi connectivity index (χ0v) is 19.3. The van der Waals surface area contributed by atoms with Crippen molar-refractivity contribution in [2.24, 2.45) is 5.92 Å². The summed E-state index contributed by atoms with van der Waals surface area (Å²) in [6.45, 7) is 2.38. The summed E-state index contributed by atoms with van der Waals surface area (Å²) in [6, 6.07) is 3.46. The number of likely N-dealkylation sites (tertiary alicyclic amines) is 1. The van der Waals surface area contributed by atoms with Crippen LogP contribution in [0.5, 0.6) is 5.75 Å². The molecule has 3 rings (SSSR count). The Morgan fingerprint density at radius 2 is 2.10 bits per heavy atom. The van der Waals surface area contributed by atoms with Gasteiger partial charge in [-0.3, -0.25) is 14.6 Å². The van der Waals surface area contributed by atoms with Crippen LogP contribution in [0.3, 0.4) is 0 Å². The van der Waals surface area contributed by atoms with Crippen molar-refractivity contribution in [1.29, 1.82) is 0 Å². The number of thioether (sulfide) groups is 1. The topological polar surface area (TPSA) is 87.2 Å². The maximum atomic E-state index is 13.2. The smallest absolute Gasteiger partial charge is 0.259 e. The molecule has 2 fully saturated rings. The molecule has 0 unspecified atom stereocenters. The Bertz CT molecular complexity index is 759. The Labute approximate surface area is 188 Å². The highest BCUT2D eigenvalue weighted by Crippen LogP contribution is 2.40. The molecule has 0 N–H and O–H groups in total. The molecule has 0 bridgehead atoms. The number of ether oxygens (including phenoxy) is 4. The molecule has 0 aromatic carbocycles. The molecular weight excluding hydrogens is 420 g/mol. The van der Waals surface area contributed by atoms with Crippen LogP contribution in [-0.2, 0) is 30.2 Å². The molecule has 1 aromatic heterocycles. The lowest BCUT2D eigenvalue weighted by molar-refractivity contribution is -0.233. The fourth-order valence-electron chi connectivity index (χ4n) is 3.93. The van der Waals surface area contributed by atoms with Gasteiger partial charge in [0.2, 0.25) is 0 Å². The number of nitrogens with zero attached hydrogens (tertiary/aromatic N) is 2. The van der Waals surface area contributed by atoms with Crippen LogP contribution < -0.4 is 4.74 Å². The predicted octanol–water partition coefficient (Wildman–Crippen LogP) is 2.65. The molecule has 8 nitrogen and oxygen atoms in total. The molecule has 1 amide bonds. The molecular formula is C22H32N2O6S. The van der Waals surface area contributed by atoms with Crippen LogP contribution in [0.1, 0.15) is 38.3 Å². The number of carbonyl (C=O) groups excluding carboxylic acids is 2. The summed E-state index contributed by atoms with van der Waals surface area (Å²) in [5, 5.41) is 0.0464. The fraction of sp³-hybridized carbons (Fsp3) is 0.682. The molecule has 172 valence electrons. The lowest BCUT2D eigenvalue weighted by Crippen LogP contribution is -2.76. The molecule has 0 spiro atoms. The van der Waals surface area contributed by atoms with Gasteiger partial charge in [0.05, 0.1) is 12.6 Å². The Hall–Kier alpha value is -1.68. The largest absolute Gasteiger partial charge is 0.493 e. The number of carbonyl (C=O) groups is 2. The van der Waals surface area contributed by atoms with Gasteiger partial charge in [-0.2, -0.15) is 0 Å². The second-order valence-corrected chi connectivity index (χ2v) is 9.29. The van der Waals surface area contributed by atoms with Crippen molar-refractivity contribution in [2.75, 3.05) is 40.1 Å². The van der Waals surface area contributed by atoms with Crippen LogP contribution in [0, 0.1) is 5.92 Å². The molecule has 2 atom stereocenters. The number of amides is 1. The van der Waals surface area contributed by atoms with Crippen LogP contribution in [0.25, 0.3) is 0 Å². The Kier molecular flexibility index (Phi) is 8.71. The zero-order chi connectivity index (χ0) is 22.3. The lowest BCUT2D eigenvalue weighted by atomic mass is 9.77. The summed E-state index contributed by atoms with van der Waals surface area (Å²) in [6.07, 6.45) is 6.26. The van der Waals surface area contributed by atoms with Crippen molar-refractivity contribution in [1.82, 2.24) is 9.88 Å². The van der Waals surface area contributed by atoms with Crippen molar-refractivity contribution >= 4 is 22.8 Å². The van der Waals surface area contributed by atoms with E-state index in [1.165, 1.54) is 38.6 Å². The van der Waals surface area contributed by atoms with Crippen LogP contribution in [0.4, 0.5) is 0 Å². The Morgan fingerprint density at radius 3 is 2.77 bits per heavy atom. The summed E-state index contributed by atoms with van der Waals surface area (Å²) in [7, 11) is 3.08. The average molecular weight is 453 g/mol. The highest BCUT2D eigenvalue weighted by molar-refractivity contribution is 8.13. The van der Waals surface area contributed by atoms with E-state index in [-0.39, 0.29) is 30.6 Å². The van der Waals surface area contributed by atoms with E-state index in [9.17, 15) is 9.59 Å². The molecule has 1 aliphatic heterocycles. The molecule has 2 aliphatic rings. The van der Waals surface area contributed by atoms with E-state index in [1.807, 2.05) is 12.1 Å². The number of hydrogen-bond acceptors (Lipinski definition) is 8. The first-order chi connectivity index (χ1) is 15.0. The van der Waals surface area contributed by atoms with Crippen molar-refractivity contribution in [3.63, 3.8) is 0 Å². The van der Waals surface area contributed by atoms with Gasteiger partial charge < -0.3 is 23.8 Å². The molecule has 31 heavy (non-hydrogen) atoms. The monoisotopic (exact) mass is 452 g/mol. The van der Waals surface area contributed by atoms with Crippen LogP contribution in [-0.4, -0.2) is 72.7 Å². The highest BCUT2D eigenvalue weighted by atomic mass is 32.2. The van der Waals surface area contributed by atoms with E-state index in [4.69, 9.17) is 18.9 Å². The van der Waals surface area contributed by atoms with Gasteiger partial charge >= 0.3 is 0 Å². The molecule has 1 saturated carbocycles. The maximum Gasteiger partial charge on any atom is 0.259 e. The van der Waals surface area contributed by atoms with Crippen LogP contribution in [0.2, 0.25) is 0 Å². The molecule has 9 heteroatoms. The van der Waals surface area contributed by atoms with E-state index in [1.54, 1.807) is 18.2 Å². The van der Waals surface area contributed by atoms with Gasteiger partial charge in [-0.05, 0) is 24.8 Å². The fourth-order valence-corrected chi connectivity index (χ4v) is 4.56. The summed E-state index contributed by atoms with van der Waals surface area (Å²) < 4.78 is 22.2. The van der Waals surface area contributed by atoms with Gasteiger partial charge in [0.15, 0.2) is 10.7 Å². The summed E-state index contributed by atoms with van der Waals surface area (Å²) in [4.78, 5) is 30.6. The first-order valence-electron chi connectivity index (χ1n) is 10.6. The van der Waals surface area contributed by atoms with Gasteiger partial charge in [-0.15, -0.1) is 0 Å². The van der Waals surface area contributed by atoms with E-state index in [0.717, 1.165) is 23.8 Å². The van der Waals surface area contributed by atoms with Crippen molar-refractivity contribution in [3.05, 3.63) is 24.0 Å².